The Hall–Kier alpha value is -1.57. The van der Waals surface area contributed by atoms with Gasteiger partial charge in [-0.2, -0.15) is 0 Å². The van der Waals surface area contributed by atoms with Gasteiger partial charge in [0.15, 0.2) is 0 Å². The number of hydrogen-bond donors (Lipinski definition) is 0. The van der Waals surface area contributed by atoms with Gasteiger partial charge in [0.1, 0.15) is 5.82 Å². The van der Waals surface area contributed by atoms with E-state index in [0.29, 0.717) is 0 Å². The van der Waals surface area contributed by atoms with E-state index >= 15 is 0 Å². The maximum atomic E-state index is 13.7. The molecule has 0 unspecified atom stereocenters. The molecule has 0 aliphatic carbocycles. The summed E-state index contributed by atoms with van der Waals surface area (Å²) in [5.74, 6) is 0.0276. The molecule has 0 N–H and O–H groups in total. The predicted molar refractivity (Wildman–Crippen MR) is 58.7 cm³/mol. The van der Waals surface area contributed by atoms with Crippen molar-refractivity contribution in [3.63, 3.8) is 0 Å². The molecule has 2 aromatic rings. The lowest BCUT2D eigenvalue weighted by Crippen LogP contribution is -2.02. The number of benzene rings is 1. The third-order valence-electron chi connectivity index (χ3n) is 2.43. The highest BCUT2D eigenvalue weighted by Gasteiger charge is 2.12. The molecule has 1 heterocycles. The zero-order chi connectivity index (χ0) is 10.8. The van der Waals surface area contributed by atoms with E-state index in [9.17, 15) is 4.39 Å². The molecule has 0 aliphatic rings. The Morgan fingerprint density at radius 1 is 1.33 bits per heavy atom. The lowest BCUT2D eigenvalue weighted by Gasteiger charge is -2.14. The smallest absolute Gasteiger partial charge is 0.128 e. The van der Waals surface area contributed by atoms with E-state index in [4.69, 9.17) is 0 Å². The third-order valence-corrected chi connectivity index (χ3v) is 2.43. The molecule has 0 bridgehead atoms. The van der Waals surface area contributed by atoms with Crippen molar-refractivity contribution < 1.29 is 4.39 Å². The van der Waals surface area contributed by atoms with Gasteiger partial charge in [-0.1, -0.05) is 19.9 Å². The standard InChI is InChI=1S/C13H13FN/c1-10(2)13-11(14)6-5-7-12(13)15-8-3-4-9-15/h3,5-10H,1-2H3. The number of rotatable bonds is 2. The van der Waals surface area contributed by atoms with E-state index < -0.39 is 0 Å². The Morgan fingerprint density at radius 3 is 2.73 bits per heavy atom. The van der Waals surface area contributed by atoms with Crippen molar-refractivity contribution in [2.45, 2.75) is 19.8 Å². The number of nitrogens with zero attached hydrogens (tertiary/aromatic N) is 1. The highest BCUT2D eigenvalue weighted by atomic mass is 19.1. The summed E-state index contributed by atoms with van der Waals surface area (Å²) in [7, 11) is 0. The van der Waals surface area contributed by atoms with Gasteiger partial charge in [0, 0.05) is 24.0 Å². The van der Waals surface area contributed by atoms with E-state index in [2.05, 4.69) is 6.07 Å². The van der Waals surface area contributed by atoms with Crippen LogP contribution < -0.4 is 0 Å². The molecular formula is C13H13FN. The average molecular weight is 202 g/mol. The molecule has 1 aromatic heterocycles. The molecule has 15 heavy (non-hydrogen) atoms. The van der Waals surface area contributed by atoms with Crippen molar-refractivity contribution >= 4 is 0 Å². The van der Waals surface area contributed by atoms with Crippen molar-refractivity contribution in [1.29, 1.82) is 0 Å². The van der Waals surface area contributed by atoms with E-state index in [1.807, 2.05) is 36.7 Å². The summed E-state index contributed by atoms with van der Waals surface area (Å²) in [6.45, 7) is 3.99. The van der Waals surface area contributed by atoms with E-state index in [1.165, 1.54) is 6.07 Å². The first-order valence-corrected chi connectivity index (χ1v) is 5.03. The monoisotopic (exact) mass is 202 g/mol. The first kappa shape index (κ1) is 9.97. The molecule has 1 aromatic carbocycles. The van der Waals surface area contributed by atoms with Gasteiger partial charge >= 0.3 is 0 Å². The highest BCUT2D eigenvalue weighted by molar-refractivity contribution is 5.44. The summed E-state index contributed by atoms with van der Waals surface area (Å²) >= 11 is 0. The Balaban J connectivity index is 2.61. The Labute approximate surface area is 89.2 Å². The lowest BCUT2D eigenvalue weighted by molar-refractivity contribution is 0.596. The molecule has 0 spiro atoms. The molecule has 0 saturated heterocycles. The topological polar surface area (TPSA) is 4.93 Å². The Bertz CT molecular complexity index is 444. The van der Waals surface area contributed by atoms with Crippen molar-refractivity contribution in [2.75, 3.05) is 0 Å². The average Bonchev–Trinajstić information content (AvgIpc) is 2.69. The minimum atomic E-state index is -0.142. The minimum absolute atomic E-state index is 0.142. The number of halogens is 1. The molecule has 1 radical (unpaired) electrons. The normalized spacial score (nSPS) is 10.9. The minimum Gasteiger partial charge on any atom is -0.323 e. The summed E-state index contributed by atoms with van der Waals surface area (Å²) in [6.07, 6.45) is 3.68. The van der Waals surface area contributed by atoms with Crippen LogP contribution in [0, 0.1) is 11.9 Å². The molecule has 2 heteroatoms. The summed E-state index contributed by atoms with van der Waals surface area (Å²) in [4.78, 5) is 0. The summed E-state index contributed by atoms with van der Waals surface area (Å²) in [5.41, 5.74) is 1.65. The first-order valence-electron chi connectivity index (χ1n) is 5.03. The fourth-order valence-electron chi connectivity index (χ4n) is 1.76. The fraction of sp³-hybridized carbons (Fsp3) is 0.231. The van der Waals surface area contributed by atoms with Gasteiger partial charge in [-0.3, -0.25) is 0 Å². The molecule has 0 amide bonds. The molecule has 0 atom stereocenters. The molecule has 2 rings (SSSR count). The molecule has 0 fully saturated rings. The van der Waals surface area contributed by atoms with Crippen molar-refractivity contribution in [2.24, 2.45) is 0 Å². The Kier molecular flexibility index (Phi) is 2.58. The van der Waals surface area contributed by atoms with Crippen LogP contribution in [0.4, 0.5) is 4.39 Å². The van der Waals surface area contributed by atoms with Gasteiger partial charge in [-0.15, -0.1) is 0 Å². The number of hydrogen-bond acceptors (Lipinski definition) is 0. The predicted octanol–water partition coefficient (Wildman–Crippen LogP) is 3.54. The van der Waals surface area contributed by atoms with E-state index in [1.54, 1.807) is 12.3 Å². The van der Waals surface area contributed by atoms with Crippen LogP contribution in [0.25, 0.3) is 5.69 Å². The second-order valence-corrected chi connectivity index (χ2v) is 3.85. The molecule has 0 aliphatic heterocycles. The third kappa shape index (κ3) is 1.80. The van der Waals surface area contributed by atoms with Crippen LogP contribution in [0.15, 0.2) is 36.7 Å². The van der Waals surface area contributed by atoms with Gasteiger partial charge in [-0.05, 0) is 24.1 Å². The van der Waals surface area contributed by atoms with Crippen molar-refractivity contribution in [3.05, 3.63) is 54.1 Å². The summed E-state index contributed by atoms with van der Waals surface area (Å²) < 4.78 is 15.6. The van der Waals surface area contributed by atoms with Crippen LogP contribution >= 0.6 is 0 Å². The van der Waals surface area contributed by atoms with E-state index in [-0.39, 0.29) is 11.7 Å². The molecule has 77 valence electrons. The summed E-state index contributed by atoms with van der Waals surface area (Å²) in [6, 6.07) is 9.93. The zero-order valence-electron chi connectivity index (χ0n) is 8.87. The van der Waals surface area contributed by atoms with Gasteiger partial charge in [0.2, 0.25) is 0 Å². The first-order chi connectivity index (χ1) is 7.20. The molecule has 0 saturated carbocycles. The maximum Gasteiger partial charge on any atom is 0.128 e. The van der Waals surface area contributed by atoms with Crippen LogP contribution in [0.1, 0.15) is 25.3 Å². The van der Waals surface area contributed by atoms with Crippen LogP contribution in [0.3, 0.4) is 0 Å². The van der Waals surface area contributed by atoms with Crippen LogP contribution in [0.5, 0.6) is 0 Å². The van der Waals surface area contributed by atoms with Gasteiger partial charge < -0.3 is 4.57 Å². The molecular weight excluding hydrogens is 189 g/mol. The van der Waals surface area contributed by atoms with Crippen molar-refractivity contribution in [3.8, 4) is 5.69 Å². The summed E-state index contributed by atoms with van der Waals surface area (Å²) in [5, 5.41) is 0. The highest BCUT2D eigenvalue weighted by Crippen LogP contribution is 2.25. The van der Waals surface area contributed by atoms with Crippen LogP contribution in [-0.4, -0.2) is 4.57 Å². The molecule has 1 nitrogen and oxygen atoms in total. The van der Waals surface area contributed by atoms with Crippen LogP contribution in [-0.2, 0) is 0 Å². The van der Waals surface area contributed by atoms with Gasteiger partial charge in [0.05, 0.1) is 5.69 Å². The Morgan fingerprint density at radius 2 is 2.13 bits per heavy atom. The van der Waals surface area contributed by atoms with E-state index in [0.717, 1.165) is 11.3 Å². The SMILES string of the molecule is CC(C)c1c(F)cccc1-n1c[c]cc1. The maximum absolute atomic E-state index is 13.7. The van der Waals surface area contributed by atoms with Gasteiger partial charge in [0.25, 0.3) is 0 Å². The van der Waals surface area contributed by atoms with Gasteiger partial charge in [-0.25, -0.2) is 4.39 Å². The largest absolute Gasteiger partial charge is 0.323 e. The second-order valence-electron chi connectivity index (χ2n) is 3.85. The van der Waals surface area contributed by atoms with Crippen LogP contribution in [0.2, 0.25) is 0 Å². The quantitative estimate of drug-likeness (QED) is 0.702. The lowest BCUT2D eigenvalue weighted by atomic mass is 10.0. The van der Waals surface area contributed by atoms with Crippen molar-refractivity contribution in [1.82, 2.24) is 4.57 Å². The zero-order valence-corrected chi connectivity index (χ0v) is 8.87. The number of aromatic nitrogens is 1. The fourth-order valence-corrected chi connectivity index (χ4v) is 1.76. The second kappa shape index (κ2) is 3.89.